The average molecular weight is 261 g/mol. The van der Waals surface area contributed by atoms with Gasteiger partial charge in [0.2, 0.25) is 5.88 Å². The van der Waals surface area contributed by atoms with E-state index in [1.807, 2.05) is 6.92 Å². The Morgan fingerprint density at radius 3 is 2.74 bits per heavy atom. The third-order valence-corrected chi connectivity index (χ3v) is 2.59. The minimum absolute atomic E-state index is 0.293. The van der Waals surface area contributed by atoms with E-state index in [4.69, 9.17) is 10.5 Å². The summed E-state index contributed by atoms with van der Waals surface area (Å²) in [5.41, 5.74) is 6.42. The minimum Gasteiger partial charge on any atom is -0.439 e. The molecule has 0 aliphatic rings. The molecule has 2 N–H and O–H groups in total. The third-order valence-electron chi connectivity index (χ3n) is 2.59. The number of ether oxygens (including phenoxy) is 1. The van der Waals surface area contributed by atoms with Crippen LogP contribution in [-0.4, -0.2) is 9.97 Å². The molecule has 0 aliphatic heterocycles. The second-order valence-corrected chi connectivity index (χ2v) is 4.31. The Morgan fingerprint density at radius 2 is 2.05 bits per heavy atom. The lowest BCUT2D eigenvalue weighted by atomic mass is 10.2. The van der Waals surface area contributed by atoms with Crippen LogP contribution in [0.4, 0.5) is 10.2 Å². The van der Waals surface area contributed by atoms with E-state index < -0.39 is 0 Å². The van der Waals surface area contributed by atoms with E-state index in [1.165, 1.54) is 12.1 Å². The number of hydrogen-bond donors (Lipinski definition) is 1. The van der Waals surface area contributed by atoms with Gasteiger partial charge < -0.3 is 10.5 Å². The molecule has 0 aliphatic carbocycles. The van der Waals surface area contributed by atoms with Gasteiger partial charge in [0.25, 0.3) is 0 Å². The summed E-state index contributed by atoms with van der Waals surface area (Å²) in [5, 5.41) is 0. The van der Waals surface area contributed by atoms with Crippen LogP contribution >= 0.6 is 0 Å². The van der Waals surface area contributed by atoms with E-state index in [9.17, 15) is 4.39 Å². The Morgan fingerprint density at radius 1 is 1.26 bits per heavy atom. The van der Waals surface area contributed by atoms with Crippen LogP contribution in [0.1, 0.15) is 24.7 Å². The van der Waals surface area contributed by atoms with Gasteiger partial charge in [0.05, 0.1) is 0 Å². The number of nitrogen functional groups attached to an aromatic ring is 1. The van der Waals surface area contributed by atoms with E-state index in [1.54, 1.807) is 19.1 Å². The van der Waals surface area contributed by atoms with Crippen molar-refractivity contribution >= 4 is 5.82 Å². The summed E-state index contributed by atoms with van der Waals surface area (Å²) in [7, 11) is 0. The summed E-state index contributed by atoms with van der Waals surface area (Å²) >= 11 is 0. The standard InChI is InChI=1S/C14H16FN3O/c1-3-4-13-17-12(16)8-14(18-13)19-11-6-5-10(15)7-9(11)2/h5-8H,3-4H2,1-2H3,(H2,16,17,18). The van der Waals surface area contributed by atoms with Gasteiger partial charge >= 0.3 is 0 Å². The molecule has 1 aromatic heterocycles. The molecule has 2 aromatic rings. The Hall–Kier alpha value is -2.17. The van der Waals surface area contributed by atoms with Crippen LogP contribution in [0, 0.1) is 12.7 Å². The number of aromatic nitrogens is 2. The summed E-state index contributed by atoms with van der Waals surface area (Å²) in [4.78, 5) is 8.40. The first-order chi connectivity index (χ1) is 9.08. The van der Waals surface area contributed by atoms with Crippen LogP contribution in [0.15, 0.2) is 24.3 Å². The molecule has 100 valence electrons. The molecule has 5 heteroatoms. The van der Waals surface area contributed by atoms with Crippen LogP contribution in [0.2, 0.25) is 0 Å². The van der Waals surface area contributed by atoms with Gasteiger partial charge in [-0.25, -0.2) is 9.37 Å². The molecule has 0 unspecified atom stereocenters. The maximum absolute atomic E-state index is 13.0. The van der Waals surface area contributed by atoms with Crippen molar-refractivity contribution < 1.29 is 9.13 Å². The van der Waals surface area contributed by atoms with Crippen LogP contribution in [0.25, 0.3) is 0 Å². The van der Waals surface area contributed by atoms with Crippen molar-refractivity contribution in [2.75, 3.05) is 5.73 Å². The molecular weight excluding hydrogens is 245 g/mol. The van der Waals surface area contributed by atoms with Crippen LogP contribution in [0.3, 0.4) is 0 Å². The van der Waals surface area contributed by atoms with Gasteiger partial charge in [0, 0.05) is 12.5 Å². The molecule has 0 spiro atoms. The molecule has 0 saturated carbocycles. The van der Waals surface area contributed by atoms with Crippen molar-refractivity contribution in [3.05, 3.63) is 41.5 Å². The molecule has 0 saturated heterocycles. The number of nitrogens with zero attached hydrogens (tertiary/aromatic N) is 2. The highest BCUT2D eigenvalue weighted by molar-refractivity contribution is 5.39. The van der Waals surface area contributed by atoms with E-state index >= 15 is 0 Å². The first kappa shape index (κ1) is 13.3. The predicted molar refractivity (Wildman–Crippen MR) is 71.7 cm³/mol. The fourth-order valence-electron chi connectivity index (χ4n) is 1.72. The zero-order valence-corrected chi connectivity index (χ0v) is 11.0. The highest BCUT2D eigenvalue weighted by Crippen LogP contribution is 2.25. The number of anilines is 1. The van der Waals surface area contributed by atoms with Gasteiger partial charge in [-0.05, 0) is 37.1 Å². The molecule has 0 radical (unpaired) electrons. The minimum atomic E-state index is -0.293. The number of nitrogens with two attached hydrogens (primary N) is 1. The molecule has 0 bridgehead atoms. The highest BCUT2D eigenvalue weighted by Gasteiger charge is 2.07. The van der Waals surface area contributed by atoms with Crippen molar-refractivity contribution in [3.63, 3.8) is 0 Å². The molecule has 2 rings (SSSR count). The average Bonchev–Trinajstić information content (AvgIpc) is 2.32. The first-order valence-corrected chi connectivity index (χ1v) is 6.16. The van der Waals surface area contributed by atoms with E-state index in [0.29, 0.717) is 28.8 Å². The SMILES string of the molecule is CCCc1nc(N)cc(Oc2ccc(F)cc2C)n1. The quantitative estimate of drug-likeness (QED) is 0.917. The molecule has 0 fully saturated rings. The summed E-state index contributed by atoms with van der Waals surface area (Å²) in [5.74, 6) is 1.66. The van der Waals surface area contributed by atoms with Gasteiger partial charge in [0.1, 0.15) is 23.2 Å². The second kappa shape index (κ2) is 5.65. The molecule has 0 amide bonds. The zero-order valence-electron chi connectivity index (χ0n) is 11.0. The first-order valence-electron chi connectivity index (χ1n) is 6.16. The van der Waals surface area contributed by atoms with Crippen LogP contribution < -0.4 is 10.5 Å². The van der Waals surface area contributed by atoms with Gasteiger partial charge in [-0.15, -0.1) is 0 Å². The maximum Gasteiger partial charge on any atom is 0.224 e. The van der Waals surface area contributed by atoms with Crippen LogP contribution in [0.5, 0.6) is 11.6 Å². The Balaban J connectivity index is 2.27. The van der Waals surface area contributed by atoms with E-state index in [0.717, 1.165) is 12.8 Å². The lowest BCUT2D eigenvalue weighted by Gasteiger charge is -2.09. The molecule has 1 aromatic carbocycles. The number of aryl methyl sites for hydroxylation is 2. The van der Waals surface area contributed by atoms with Gasteiger partial charge in [-0.1, -0.05) is 6.92 Å². The van der Waals surface area contributed by atoms with Crippen molar-refractivity contribution in [1.29, 1.82) is 0 Å². The predicted octanol–water partition coefficient (Wildman–Crippen LogP) is 3.25. The topological polar surface area (TPSA) is 61.0 Å². The van der Waals surface area contributed by atoms with Crippen molar-refractivity contribution in [2.45, 2.75) is 26.7 Å². The summed E-state index contributed by atoms with van der Waals surface area (Å²) in [6.45, 7) is 3.81. The monoisotopic (exact) mass is 261 g/mol. The number of halogens is 1. The molecule has 19 heavy (non-hydrogen) atoms. The van der Waals surface area contributed by atoms with E-state index in [2.05, 4.69) is 9.97 Å². The lowest BCUT2D eigenvalue weighted by Crippen LogP contribution is -2.01. The molecule has 0 atom stereocenters. The van der Waals surface area contributed by atoms with E-state index in [-0.39, 0.29) is 5.82 Å². The number of rotatable bonds is 4. The number of hydrogen-bond acceptors (Lipinski definition) is 4. The number of benzene rings is 1. The maximum atomic E-state index is 13.0. The zero-order chi connectivity index (χ0) is 13.8. The van der Waals surface area contributed by atoms with Crippen molar-refractivity contribution in [2.24, 2.45) is 0 Å². The molecular formula is C14H16FN3O. The third kappa shape index (κ3) is 3.40. The highest BCUT2D eigenvalue weighted by atomic mass is 19.1. The van der Waals surface area contributed by atoms with Crippen molar-refractivity contribution in [1.82, 2.24) is 9.97 Å². The smallest absolute Gasteiger partial charge is 0.224 e. The van der Waals surface area contributed by atoms with Gasteiger partial charge in [0.15, 0.2) is 0 Å². The van der Waals surface area contributed by atoms with Crippen LogP contribution in [-0.2, 0) is 6.42 Å². The van der Waals surface area contributed by atoms with Crippen molar-refractivity contribution in [3.8, 4) is 11.6 Å². The Bertz CT molecular complexity index is 587. The van der Waals surface area contributed by atoms with Gasteiger partial charge in [-0.3, -0.25) is 0 Å². The fourth-order valence-corrected chi connectivity index (χ4v) is 1.72. The summed E-state index contributed by atoms with van der Waals surface area (Å²) < 4.78 is 18.6. The Kier molecular flexibility index (Phi) is 3.94. The lowest BCUT2D eigenvalue weighted by molar-refractivity contribution is 0.453. The van der Waals surface area contributed by atoms with Gasteiger partial charge in [-0.2, -0.15) is 4.98 Å². The summed E-state index contributed by atoms with van der Waals surface area (Å²) in [6.07, 6.45) is 1.67. The Labute approximate surface area is 111 Å². The largest absolute Gasteiger partial charge is 0.439 e. The normalized spacial score (nSPS) is 10.5. The molecule has 4 nitrogen and oxygen atoms in total. The fraction of sp³-hybridized carbons (Fsp3) is 0.286. The molecule has 1 heterocycles. The second-order valence-electron chi connectivity index (χ2n) is 4.31. The summed E-state index contributed by atoms with van der Waals surface area (Å²) in [6, 6.07) is 5.89.